The third kappa shape index (κ3) is 3.37. The molecule has 0 bridgehead atoms. The first-order valence-corrected chi connectivity index (χ1v) is 7.26. The van der Waals surface area contributed by atoms with Crippen LogP contribution in [-0.2, 0) is 6.42 Å². The summed E-state index contributed by atoms with van der Waals surface area (Å²) in [5.74, 6) is 1.47. The van der Waals surface area contributed by atoms with Gasteiger partial charge < -0.3 is 5.32 Å². The molecule has 0 atom stereocenters. The molecule has 0 aliphatic rings. The van der Waals surface area contributed by atoms with E-state index >= 15 is 0 Å². The van der Waals surface area contributed by atoms with Crippen molar-refractivity contribution in [2.24, 2.45) is 0 Å². The molecular formula is C13H14ClN3S. The van der Waals surface area contributed by atoms with Crippen LogP contribution in [0.4, 0.5) is 11.5 Å². The monoisotopic (exact) mass is 279 g/mol. The zero-order chi connectivity index (χ0) is 13.0. The Morgan fingerprint density at radius 3 is 2.83 bits per heavy atom. The van der Waals surface area contributed by atoms with E-state index in [-0.39, 0.29) is 0 Å². The summed E-state index contributed by atoms with van der Waals surface area (Å²) in [6.45, 7) is 2.00. The summed E-state index contributed by atoms with van der Waals surface area (Å²) in [5, 5.41) is 3.71. The number of hydrogen-bond acceptors (Lipinski definition) is 4. The van der Waals surface area contributed by atoms with Crippen LogP contribution in [-0.4, -0.2) is 16.2 Å². The summed E-state index contributed by atoms with van der Waals surface area (Å²) in [6.07, 6.45) is 2.82. The Hall–Kier alpha value is -1.26. The van der Waals surface area contributed by atoms with Crippen molar-refractivity contribution in [3.05, 3.63) is 41.3 Å². The number of anilines is 2. The maximum Gasteiger partial charge on any atom is 0.135 e. The van der Waals surface area contributed by atoms with Gasteiger partial charge in [-0.1, -0.05) is 24.6 Å². The average Bonchev–Trinajstić information content (AvgIpc) is 2.38. The van der Waals surface area contributed by atoms with Crippen LogP contribution in [0.2, 0.25) is 5.15 Å². The van der Waals surface area contributed by atoms with Crippen LogP contribution in [0.3, 0.4) is 0 Å². The van der Waals surface area contributed by atoms with E-state index in [4.69, 9.17) is 11.6 Å². The third-order valence-corrected chi connectivity index (χ3v) is 3.32. The minimum absolute atomic E-state index is 0.463. The molecule has 0 saturated carbocycles. The molecule has 5 heteroatoms. The topological polar surface area (TPSA) is 37.8 Å². The molecule has 0 aliphatic carbocycles. The highest BCUT2D eigenvalue weighted by atomic mass is 35.5. The van der Waals surface area contributed by atoms with Crippen molar-refractivity contribution < 1.29 is 0 Å². The van der Waals surface area contributed by atoms with Crippen LogP contribution in [0.1, 0.15) is 12.7 Å². The van der Waals surface area contributed by atoms with Gasteiger partial charge in [0.25, 0.3) is 0 Å². The molecule has 1 aromatic heterocycles. The van der Waals surface area contributed by atoms with Gasteiger partial charge in [-0.05, 0) is 24.5 Å². The summed E-state index contributed by atoms with van der Waals surface area (Å²) in [5.41, 5.74) is 0.999. The van der Waals surface area contributed by atoms with Crippen LogP contribution in [0, 0.1) is 0 Å². The van der Waals surface area contributed by atoms with E-state index < -0.39 is 0 Å². The second kappa shape index (κ2) is 6.07. The molecule has 2 rings (SSSR count). The molecule has 0 unspecified atom stereocenters. The van der Waals surface area contributed by atoms with Gasteiger partial charge in [0.1, 0.15) is 16.8 Å². The molecule has 0 radical (unpaired) electrons. The number of thioether (sulfide) groups is 1. The molecule has 1 aromatic carbocycles. The highest BCUT2D eigenvalue weighted by Gasteiger charge is 2.02. The smallest absolute Gasteiger partial charge is 0.135 e. The second-order valence-electron chi connectivity index (χ2n) is 3.70. The first-order valence-electron chi connectivity index (χ1n) is 5.66. The SMILES string of the molecule is CCc1nc(Cl)cc(Nc2cccc(SC)c2)n1. The van der Waals surface area contributed by atoms with Crippen LogP contribution < -0.4 is 5.32 Å². The summed E-state index contributed by atoms with van der Waals surface area (Å²) in [6, 6.07) is 9.89. The van der Waals surface area contributed by atoms with E-state index in [0.717, 1.165) is 23.8 Å². The number of aromatic nitrogens is 2. The molecule has 18 heavy (non-hydrogen) atoms. The van der Waals surface area contributed by atoms with E-state index in [9.17, 15) is 0 Å². The number of rotatable bonds is 4. The molecule has 94 valence electrons. The maximum atomic E-state index is 5.96. The minimum Gasteiger partial charge on any atom is -0.340 e. The maximum absolute atomic E-state index is 5.96. The Labute approximate surface area is 116 Å². The zero-order valence-electron chi connectivity index (χ0n) is 10.3. The van der Waals surface area contributed by atoms with Crippen molar-refractivity contribution in [3.63, 3.8) is 0 Å². The predicted octanol–water partition coefficient (Wildman–Crippen LogP) is 4.16. The van der Waals surface area contributed by atoms with E-state index in [1.807, 2.05) is 19.1 Å². The Bertz CT molecular complexity index is 546. The molecule has 3 nitrogen and oxygen atoms in total. The van der Waals surface area contributed by atoms with Gasteiger partial charge in [0.2, 0.25) is 0 Å². The van der Waals surface area contributed by atoms with Crippen molar-refractivity contribution in [2.45, 2.75) is 18.2 Å². The second-order valence-corrected chi connectivity index (χ2v) is 4.97. The lowest BCUT2D eigenvalue weighted by Crippen LogP contribution is -1.99. The van der Waals surface area contributed by atoms with Crippen LogP contribution >= 0.6 is 23.4 Å². The van der Waals surface area contributed by atoms with Crippen LogP contribution in [0.15, 0.2) is 35.2 Å². The molecule has 1 N–H and O–H groups in total. The number of halogens is 1. The first kappa shape index (κ1) is 13.2. The van der Waals surface area contributed by atoms with E-state index in [1.54, 1.807) is 17.8 Å². The van der Waals surface area contributed by atoms with E-state index in [0.29, 0.717) is 5.15 Å². The fourth-order valence-electron chi connectivity index (χ4n) is 1.54. The molecule has 2 aromatic rings. The van der Waals surface area contributed by atoms with Crippen molar-refractivity contribution in [2.75, 3.05) is 11.6 Å². The summed E-state index contributed by atoms with van der Waals surface area (Å²) < 4.78 is 0. The van der Waals surface area contributed by atoms with Crippen molar-refractivity contribution in [1.29, 1.82) is 0 Å². The van der Waals surface area contributed by atoms with Crippen molar-refractivity contribution in [1.82, 2.24) is 9.97 Å². The quantitative estimate of drug-likeness (QED) is 0.674. The Morgan fingerprint density at radius 2 is 2.11 bits per heavy atom. The largest absolute Gasteiger partial charge is 0.340 e. The van der Waals surface area contributed by atoms with Crippen molar-refractivity contribution in [3.8, 4) is 0 Å². The highest BCUT2D eigenvalue weighted by Crippen LogP contribution is 2.22. The number of hydrogen-bond donors (Lipinski definition) is 1. The van der Waals surface area contributed by atoms with Gasteiger partial charge in [0, 0.05) is 23.1 Å². The summed E-state index contributed by atoms with van der Waals surface area (Å²) in [4.78, 5) is 9.73. The predicted molar refractivity (Wildman–Crippen MR) is 77.9 cm³/mol. The van der Waals surface area contributed by atoms with Gasteiger partial charge in [0.05, 0.1) is 0 Å². The van der Waals surface area contributed by atoms with Crippen molar-refractivity contribution >= 4 is 34.9 Å². The Balaban J connectivity index is 2.24. The fraction of sp³-hybridized carbons (Fsp3) is 0.231. The highest BCUT2D eigenvalue weighted by molar-refractivity contribution is 7.98. The molecule has 1 heterocycles. The van der Waals surface area contributed by atoms with Gasteiger partial charge in [0.15, 0.2) is 0 Å². The number of nitrogens with zero attached hydrogens (tertiary/aromatic N) is 2. The standard InChI is InChI=1S/C13H14ClN3S/c1-3-12-16-11(14)8-13(17-12)15-9-5-4-6-10(7-9)18-2/h4-8H,3H2,1-2H3,(H,15,16,17). The fourth-order valence-corrected chi connectivity index (χ4v) is 2.20. The van der Waals surface area contributed by atoms with Crippen LogP contribution in [0.25, 0.3) is 0 Å². The van der Waals surface area contributed by atoms with E-state index in [1.165, 1.54) is 4.90 Å². The van der Waals surface area contributed by atoms with Gasteiger partial charge in [-0.25, -0.2) is 9.97 Å². The van der Waals surface area contributed by atoms with Gasteiger partial charge in [-0.3, -0.25) is 0 Å². The molecule has 0 saturated heterocycles. The third-order valence-electron chi connectivity index (χ3n) is 2.40. The molecule has 0 aliphatic heterocycles. The average molecular weight is 280 g/mol. The molecular weight excluding hydrogens is 266 g/mol. The number of benzene rings is 1. The summed E-state index contributed by atoms with van der Waals surface area (Å²) in [7, 11) is 0. The van der Waals surface area contributed by atoms with Gasteiger partial charge in [-0.2, -0.15) is 0 Å². The Kier molecular flexibility index (Phi) is 4.44. The summed E-state index contributed by atoms with van der Waals surface area (Å²) >= 11 is 7.66. The lowest BCUT2D eigenvalue weighted by atomic mass is 10.3. The number of aryl methyl sites for hydroxylation is 1. The zero-order valence-corrected chi connectivity index (χ0v) is 11.8. The van der Waals surface area contributed by atoms with Gasteiger partial charge in [-0.15, -0.1) is 11.8 Å². The lowest BCUT2D eigenvalue weighted by Gasteiger charge is -2.08. The normalized spacial score (nSPS) is 10.4. The first-order chi connectivity index (χ1) is 8.71. The lowest BCUT2D eigenvalue weighted by molar-refractivity contribution is 0.943. The molecule has 0 amide bonds. The molecule has 0 fully saturated rings. The van der Waals surface area contributed by atoms with E-state index in [2.05, 4.69) is 33.7 Å². The number of nitrogens with one attached hydrogen (secondary N) is 1. The van der Waals surface area contributed by atoms with Crippen LogP contribution in [0.5, 0.6) is 0 Å². The minimum atomic E-state index is 0.463. The Morgan fingerprint density at radius 1 is 1.28 bits per heavy atom. The van der Waals surface area contributed by atoms with Gasteiger partial charge >= 0.3 is 0 Å². The molecule has 0 spiro atoms.